The second kappa shape index (κ2) is 13.6. The van der Waals surface area contributed by atoms with Crippen LogP contribution < -0.4 is 4.74 Å². The maximum Gasteiger partial charge on any atom is 0.257 e. The SMILES string of the molecule is C=C(O)/C(=C\C=C(/CC)c1cc(Cl)ccc1OCC=O)C(=O)N1CCOCC1.CO. The lowest BCUT2D eigenvalue weighted by atomic mass is 10.0. The molecule has 2 rings (SSSR count). The highest BCUT2D eigenvalue weighted by molar-refractivity contribution is 6.30. The number of aliphatic hydroxyl groups excluding tert-OH is 2. The molecule has 1 saturated heterocycles. The molecule has 164 valence electrons. The number of aldehydes is 1. The number of hydrogen-bond acceptors (Lipinski definition) is 6. The van der Waals surface area contributed by atoms with Crippen LogP contribution in [0.3, 0.4) is 0 Å². The monoisotopic (exact) mass is 437 g/mol. The van der Waals surface area contributed by atoms with E-state index in [4.69, 9.17) is 26.2 Å². The van der Waals surface area contributed by atoms with Crippen LogP contribution in [0.15, 0.2) is 48.3 Å². The minimum atomic E-state index is -0.300. The van der Waals surface area contributed by atoms with Crippen molar-refractivity contribution in [2.24, 2.45) is 0 Å². The molecule has 1 aromatic carbocycles. The number of morpholine rings is 1. The van der Waals surface area contributed by atoms with E-state index in [0.29, 0.717) is 49.8 Å². The van der Waals surface area contributed by atoms with Gasteiger partial charge in [-0.3, -0.25) is 9.59 Å². The molecular weight excluding hydrogens is 410 g/mol. The Morgan fingerprint density at radius 1 is 1.30 bits per heavy atom. The number of halogens is 1. The fourth-order valence-corrected chi connectivity index (χ4v) is 2.98. The topological polar surface area (TPSA) is 96.3 Å². The lowest BCUT2D eigenvalue weighted by Crippen LogP contribution is -2.41. The molecule has 0 spiro atoms. The molecule has 0 bridgehead atoms. The van der Waals surface area contributed by atoms with Crippen LogP contribution in [0.2, 0.25) is 5.02 Å². The normalized spacial score (nSPS) is 14.5. The molecule has 0 unspecified atom stereocenters. The Balaban J connectivity index is 0.00000218. The van der Waals surface area contributed by atoms with Crippen LogP contribution in [-0.4, -0.2) is 67.3 Å². The zero-order valence-electron chi connectivity index (χ0n) is 17.3. The first-order valence-electron chi connectivity index (χ1n) is 9.45. The molecule has 1 aliphatic heterocycles. The van der Waals surface area contributed by atoms with Crippen LogP contribution in [0.1, 0.15) is 18.9 Å². The first-order valence-corrected chi connectivity index (χ1v) is 9.82. The molecule has 0 atom stereocenters. The summed E-state index contributed by atoms with van der Waals surface area (Å²) in [5.41, 5.74) is 1.66. The summed E-state index contributed by atoms with van der Waals surface area (Å²) in [5, 5.41) is 17.5. The Kier molecular flexibility index (Phi) is 11.5. The molecule has 1 amide bonds. The number of benzene rings is 1. The van der Waals surface area contributed by atoms with Crippen LogP contribution in [0.25, 0.3) is 5.57 Å². The van der Waals surface area contributed by atoms with Gasteiger partial charge in [0.2, 0.25) is 0 Å². The number of aliphatic hydroxyl groups is 2. The van der Waals surface area contributed by atoms with Crippen molar-refractivity contribution in [3.63, 3.8) is 0 Å². The summed E-state index contributed by atoms with van der Waals surface area (Å²) >= 11 is 6.12. The third-order valence-corrected chi connectivity index (χ3v) is 4.50. The molecular formula is C22H28ClNO6. The van der Waals surface area contributed by atoms with Gasteiger partial charge in [0.05, 0.1) is 18.8 Å². The Labute approximate surface area is 181 Å². The minimum absolute atomic E-state index is 0.0737. The van der Waals surface area contributed by atoms with Crippen molar-refractivity contribution in [1.82, 2.24) is 4.90 Å². The number of amides is 1. The number of allylic oxidation sites excluding steroid dienone is 3. The van der Waals surface area contributed by atoms with Crippen molar-refractivity contribution in [3.8, 4) is 5.75 Å². The summed E-state index contributed by atoms with van der Waals surface area (Å²) in [4.78, 5) is 25.0. The lowest BCUT2D eigenvalue weighted by Gasteiger charge is -2.27. The van der Waals surface area contributed by atoms with Crippen LogP contribution in [0.4, 0.5) is 0 Å². The van der Waals surface area contributed by atoms with Gasteiger partial charge in [0, 0.05) is 30.8 Å². The zero-order valence-corrected chi connectivity index (χ0v) is 18.0. The smallest absolute Gasteiger partial charge is 0.257 e. The summed E-state index contributed by atoms with van der Waals surface area (Å²) in [5.74, 6) is -0.0837. The summed E-state index contributed by atoms with van der Waals surface area (Å²) < 4.78 is 10.7. The van der Waals surface area contributed by atoms with Gasteiger partial charge in [-0.1, -0.05) is 31.2 Å². The standard InChI is InChI=1S/C21H24ClNO5.CH4O/c1-3-16(19-14-17(22)5-7-20(19)28-13-10-24)4-6-18(15(2)25)21(26)23-8-11-27-12-9-23;1-2/h4-7,10,14,25H,2-3,8-9,11-13H2,1H3;2H,1H3/b16-4+,18-6+;. The van der Waals surface area contributed by atoms with Crippen LogP contribution >= 0.6 is 11.6 Å². The van der Waals surface area contributed by atoms with Crippen LogP contribution in [-0.2, 0) is 14.3 Å². The first-order chi connectivity index (χ1) is 14.5. The predicted octanol–water partition coefficient (Wildman–Crippen LogP) is 3.18. The van der Waals surface area contributed by atoms with Gasteiger partial charge in [-0.05, 0) is 36.3 Å². The Bertz CT molecular complexity index is 797. The number of rotatable bonds is 8. The molecule has 0 saturated carbocycles. The summed E-state index contributed by atoms with van der Waals surface area (Å²) in [6, 6.07) is 5.11. The molecule has 1 aromatic rings. The van der Waals surface area contributed by atoms with Gasteiger partial charge in [0.15, 0.2) is 6.29 Å². The predicted molar refractivity (Wildman–Crippen MR) is 117 cm³/mol. The average Bonchev–Trinajstić information content (AvgIpc) is 2.77. The molecule has 1 heterocycles. The minimum Gasteiger partial charge on any atom is -0.508 e. The number of nitrogens with zero attached hydrogens (tertiary/aromatic N) is 1. The molecule has 0 radical (unpaired) electrons. The average molecular weight is 438 g/mol. The van der Waals surface area contributed by atoms with Crippen molar-refractivity contribution in [2.75, 3.05) is 40.0 Å². The number of carbonyl (C=O) groups is 2. The van der Waals surface area contributed by atoms with E-state index in [0.717, 1.165) is 18.2 Å². The first kappa shape index (κ1) is 25.4. The fraction of sp³-hybridized carbons (Fsp3) is 0.364. The second-order valence-electron chi connectivity index (χ2n) is 6.10. The van der Waals surface area contributed by atoms with E-state index >= 15 is 0 Å². The third kappa shape index (κ3) is 7.33. The van der Waals surface area contributed by atoms with Gasteiger partial charge in [0.25, 0.3) is 5.91 Å². The highest BCUT2D eigenvalue weighted by atomic mass is 35.5. The van der Waals surface area contributed by atoms with Gasteiger partial charge in [-0.25, -0.2) is 0 Å². The Hall–Kier alpha value is -2.61. The largest absolute Gasteiger partial charge is 0.508 e. The summed E-state index contributed by atoms with van der Waals surface area (Å²) in [7, 11) is 1.00. The summed E-state index contributed by atoms with van der Waals surface area (Å²) in [6.07, 6.45) is 4.56. The molecule has 0 aliphatic carbocycles. The molecule has 2 N–H and O–H groups in total. The Morgan fingerprint density at radius 2 is 1.97 bits per heavy atom. The van der Waals surface area contributed by atoms with Gasteiger partial charge in [-0.15, -0.1) is 0 Å². The van der Waals surface area contributed by atoms with Crippen LogP contribution in [0, 0.1) is 0 Å². The van der Waals surface area contributed by atoms with Crippen molar-refractivity contribution in [3.05, 3.63) is 58.8 Å². The van der Waals surface area contributed by atoms with Crippen molar-refractivity contribution in [2.45, 2.75) is 13.3 Å². The highest BCUT2D eigenvalue weighted by Crippen LogP contribution is 2.31. The maximum atomic E-state index is 12.7. The Morgan fingerprint density at radius 3 is 2.53 bits per heavy atom. The van der Waals surface area contributed by atoms with E-state index in [-0.39, 0.29) is 23.8 Å². The number of carbonyl (C=O) groups excluding carboxylic acids is 2. The van der Waals surface area contributed by atoms with Gasteiger partial charge in [-0.2, -0.15) is 0 Å². The number of hydrogen-bond donors (Lipinski definition) is 2. The van der Waals surface area contributed by atoms with Crippen LogP contribution in [0.5, 0.6) is 5.75 Å². The van der Waals surface area contributed by atoms with Crippen molar-refractivity contribution < 1.29 is 29.3 Å². The molecule has 30 heavy (non-hydrogen) atoms. The molecule has 1 aliphatic rings. The van der Waals surface area contributed by atoms with Gasteiger partial charge in [0.1, 0.15) is 18.1 Å². The van der Waals surface area contributed by atoms with E-state index in [1.54, 1.807) is 35.3 Å². The second-order valence-corrected chi connectivity index (χ2v) is 6.53. The van der Waals surface area contributed by atoms with E-state index < -0.39 is 0 Å². The molecule has 7 nitrogen and oxygen atoms in total. The quantitative estimate of drug-likeness (QED) is 0.280. The number of ether oxygens (including phenoxy) is 2. The molecule has 0 aromatic heterocycles. The van der Waals surface area contributed by atoms with E-state index in [1.807, 2.05) is 6.92 Å². The highest BCUT2D eigenvalue weighted by Gasteiger charge is 2.22. The van der Waals surface area contributed by atoms with Crippen molar-refractivity contribution in [1.29, 1.82) is 0 Å². The lowest BCUT2D eigenvalue weighted by molar-refractivity contribution is -0.131. The molecule has 8 heteroatoms. The summed E-state index contributed by atoms with van der Waals surface area (Å²) in [6.45, 7) is 7.25. The van der Waals surface area contributed by atoms with Crippen molar-refractivity contribution >= 4 is 29.4 Å². The maximum absolute atomic E-state index is 12.7. The van der Waals surface area contributed by atoms with E-state index in [2.05, 4.69) is 6.58 Å². The van der Waals surface area contributed by atoms with E-state index in [9.17, 15) is 14.7 Å². The third-order valence-electron chi connectivity index (χ3n) is 4.27. The van der Waals surface area contributed by atoms with Gasteiger partial charge < -0.3 is 24.6 Å². The fourth-order valence-electron chi connectivity index (χ4n) is 2.81. The zero-order chi connectivity index (χ0) is 22.5. The van der Waals surface area contributed by atoms with E-state index in [1.165, 1.54) is 0 Å². The van der Waals surface area contributed by atoms with Gasteiger partial charge >= 0.3 is 0 Å². The molecule has 1 fully saturated rings.